The first-order valence-corrected chi connectivity index (χ1v) is 12.5. The zero-order chi connectivity index (χ0) is 21.9. The number of carbonyl (C=O) groups excluding carboxylic acids is 1. The lowest BCUT2D eigenvalue weighted by molar-refractivity contribution is -0.119. The van der Waals surface area contributed by atoms with Crippen molar-refractivity contribution in [2.24, 2.45) is 0 Å². The number of hydrogen-bond donors (Lipinski definition) is 1. The van der Waals surface area contributed by atoms with Crippen LogP contribution in [0.1, 0.15) is 40.5 Å². The highest BCUT2D eigenvalue weighted by atomic mass is 35.5. The number of rotatable bonds is 12. The number of aromatic nitrogens is 2. The minimum absolute atomic E-state index is 0.0111. The zero-order valence-electron chi connectivity index (χ0n) is 18.9. The van der Waals surface area contributed by atoms with Crippen LogP contribution in [0.3, 0.4) is 0 Å². The molecule has 9 heteroatoms. The molecular weight excluding hydrogens is 420 g/mol. The van der Waals surface area contributed by atoms with E-state index in [4.69, 9.17) is 11.6 Å². The van der Waals surface area contributed by atoms with Crippen molar-refractivity contribution in [1.29, 1.82) is 0 Å². The first-order valence-electron chi connectivity index (χ1n) is 11.1. The summed E-state index contributed by atoms with van der Waals surface area (Å²) in [5.74, 6) is 1.15. The number of carbonyl (C=O) groups is 1. The maximum Gasteiger partial charge on any atom is 0.230 e. The number of amides is 1. The Bertz CT molecular complexity index is 652. The SMILES string of the molecule is CCN(CC)CCCC(C)NC(=O)CSc1nc(Cl)cc(N2CCN(CC)CC2)n1. The van der Waals surface area contributed by atoms with Crippen molar-refractivity contribution in [1.82, 2.24) is 25.1 Å². The molecule has 1 aliphatic rings. The van der Waals surface area contributed by atoms with Gasteiger partial charge in [0.05, 0.1) is 5.75 Å². The summed E-state index contributed by atoms with van der Waals surface area (Å²) in [6, 6.07) is 1.98. The quantitative estimate of drug-likeness (QED) is 0.294. The fourth-order valence-corrected chi connectivity index (χ4v) is 4.48. The molecule has 1 atom stereocenters. The molecule has 1 saturated heterocycles. The minimum Gasteiger partial charge on any atom is -0.354 e. The number of likely N-dealkylation sites (N-methyl/N-ethyl adjacent to an activating group) is 1. The Morgan fingerprint density at radius 2 is 1.93 bits per heavy atom. The second-order valence-electron chi connectivity index (χ2n) is 7.68. The third-order valence-corrected chi connectivity index (χ3v) is 6.59. The van der Waals surface area contributed by atoms with Crippen LogP contribution in [0, 0.1) is 0 Å². The van der Waals surface area contributed by atoms with Gasteiger partial charge in [0.15, 0.2) is 5.16 Å². The standard InChI is InChI=1S/C21H37ClN6OS/c1-5-26(6-2)10-8-9-17(4)23-20(29)16-30-21-24-18(22)15-19(25-21)28-13-11-27(7-3)12-14-28/h15,17H,5-14,16H2,1-4H3,(H,23,29). The van der Waals surface area contributed by atoms with Crippen molar-refractivity contribution < 1.29 is 4.79 Å². The minimum atomic E-state index is 0.0111. The van der Waals surface area contributed by atoms with Crippen molar-refractivity contribution in [2.45, 2.75) is 51.7 Å². The topological polar surface area (TPSA) is 64.6 Å². The summed E-state index contributed by atoms with van der Waals surface area (Å²) in [4.78, 5) is 28.3. The lowest BCUT2D eigenvalue weighted by Crippen LogP contribution is -2.46. The Balaban J connectivity index is 1.78. The molecule has 1 fully saturated rings. The summed E-state index contributed by atoms with van der Waals surface area (Å²) in [5, 5.41) is 4.06. The number of thioether (sulfide) groups is 1. The summed E-state index contributed by atoms with van der Waals surface area (Å²) in [7, 11) is 0. The molecule has 1 aromatic rings. The monoisotopic (exact) mass is 456 g/mol. The molecule has 1 N–H and O–H groups in total. The van der Waals surface area contributed by atoms with Gasteiger partial charge in [0.2, 0.25) is 5.91 Å². The lowest BCUT2D eigenvalue weighted by Gasteiger charge is -2.34. The molecular formula is C21H37ClN6OS. The number of anilines is 1. The van der Waals surface area contributed by atoms with Crippen LogP contribution in [0.4, 0.5) is 5.82 Å². The second kappa shape index (κ2) is 13.3. The maximum absolute atomic E-state index is 12.3. The van der Waals surface area contributed by atoms with Crippen molar-refractivity contribution in [3.63, 3.8) is 0 Å². The van der Waals surface area contributed by atoms with Gasteiger partial charge in [-0.3, -0.25) is 4.79 Å². The van der Waals surface area contributed by atoms with E-state index in [0.29, 0.717) is 16.1 Å². The van der Waals surface area contributed by atoms with Crippen LogP contribution in [0.5, 0.6) is 0 Å². The molecule has 1 amide bonds. The summed E-state index contributed by atoms with van der Waals surface area (Å²) >= 11 is 7.57. The normalized spacial score (nSPS) is 16.1. The van der Waals surface area contributed by atoms with Gasteiger partial charge in [-0.1, -0.05) is 44.1 Å². The molecule has 0 radical (unpaired) electrons. The second-order valence-corrected chi connectivity index (χ2v) is 9.01. The molecule has 0 saturated carbocycles. The Hall–Kier alpha value is -1.09. The molecule has 0 spiro atoms. The average Bonchev–Trinajstić information content (AvgIpc) is 2.75. The van der Waals surface area contributed by atoms with E-state index in [1.54, 1.807) is 0 Å². The summed E-state index contributed by atoms with van der Waals surface area (Å²) < 4.78 is 0. The van der Waals surface area contributed by atoms with Crippen LogP contribution >= 0.6 is 23.4 Å². The van der Waals surface area contributed by atoms with Crippen molar-refractivity contribution in [3.05, 3.63) is 11.2 Å². The zero-order valence-corrected chi connectivity index (χ0v) is 20.4. The van der Waals surface area contributed by atoms with Gasteiger partial charge in [-0.15, -0.1) is 0 Å². The third kappa shape index (κ3) is 8.57. The molecule has 2 rings (SSSR count). The molecule has 7 nitrogen and oxygen atoms in total. The summed E-state index contributed by atoms with van der Waals surface area (Å²) in [6.45, 7) is 16.8. The molecule has 30 heavy (non-hydrogen) atoms. The van der Waals surface area contributed by atoms with Gasteiger partial charge in [-0.2, -0.15) is 0 Å². The van der Waals surface area contributed by atoms with Crippen molar-refractivity contribution >= 4 is 35.1 Å². The van der Waals surface area contributed by atoms with Crippen LogP contribution in [0.25, 0.3) is 0 Å². The van der Waals surface area contributed by atoms with E-state index >= 15 is 0 Å². The van der Waals surface area contributed by atoms with E-state index in [-0.39, 0.29) is 11.9 Å². The Morgan fingerprint density at radius 3 is 2.57 bits per heavy atom. The molecule has 0 bridgehead atoms. The largest absolute Gasteiger partial charge is 0.354 e. The number of piperazine rings is 1. The third-order valence-electron chi connectivity index (χ3n) is 5.55. The van der Waals surface area contributed by atoms with E-state index in [1.807, 2.05) is 6.07 Å². The van der Waals surface area contributed by atoms with Gasteiger partial charge in [0.1, 0.15) is 11.0 Å². The highest BCUT2D eigenvalue weighted by molar-refractivity contribution is 7.99. The Labute approximate surface area is 190 Å². The van der Waals surface area contributed by atoms with Gasteiger partial charge >= 0.3 is 0 Å². The maximum atomic E-state index is 12.3. The Morgan fingerprint density at radius 1 is 1.23 bits per heavy atom. The van der Waals surface area contributed by atoms with Crippen LogP contribution in [0.2, 0.25) is 5.15 Å². The van der Waals surface area contributed by atoms with E-state index in [1.165, 1.54) is 11.8 Å². The number of nitrogens with one attached hydrogen (secondary N) is 1. The fourth-order valence-electron chi connectivity index (χ4n) is 3.58. The molecule has 1 unspecified atom stereocenters. The van der Waals surface area contributed by atoms with E-state index in [0.717, 1.165) is 71.0 Å². The van der Waals surface area contributed by atoms with Crippen molar-refractivity contribution in [2.75, 3.05) is 63.0 Å². The van der Waals surface area contributed by atoms with Crippen LogP contribution in [-0.2, 0) is 4.79 Å². The molecule has 0 aliphatic carbocycles. The van der Waals surface area contributed by atoms with Gasteiger partial charge in [0.25, 0.3) is 0 Å². The predicted octanol–water partition coefficient (Wildman–Crippen LogP) is 2.99. The van der Waals surface area contributed by atoms with E-state index in [9.17, 15) is 4.79 Å². The first-order chi connectivity index (χ1) is 14.4. The summed E-state index contributed by atoms with van der Waals surface area (Å²) in [5.41, 5.74) is 0. The van der Waals surface area contributed by atoms with Gasteiger partial charge < -0.3 is 20.0 Å². The number of halogens is 1. The van der Waals surface area contributed by atoms with Gasteiger partial charge in [-0.25, -0.2) is 9.97 Å². The number of hydrogen-bond acceptors (Lipinski definition) is 7. The van der Waals surface area contributed by atoms with Gasteiger partial charge in [0, 0.05) is 38.3 Å². The highest BCUT2D eigenvalue weighted by Crippen LogP contribution is 2.22. The van der Waals surface area contributed by atoms with E-state index in [2.05, 4.69) is 57.7 Å². The van der Waals surface area contributed by atoms with Gasteiger partial charge in [-0.05, 0) is 45.9 Å². The molecule has 1 aliphatic heterocycles. The Kier molecular flexibility index (Phi) is 11.2. The smallest absolute Gasteiger partial charge is 0.230 e. The first kappa shape index (κ1) is 25.2. The molecule has 170 valence electrons. The fraction of sp³-hybridized carbons (Fsp3) is 0.762. The predicted molar refractivity (Wildman–Crippen MR) is 127 cm³/mol. The van der Waals surface area contributed by atoms with Crippen LogP contribution < -0.4 is 10.2 Å². The molecule has 0 aromatic carbocycles. The molecule has 1 aromatic heterocycles. The van der Waals surface area contributed by atoms with E-state index < -0.39 is 0 Å². The lowest BCUT2D eigenvalue weighted by atomic mass is 10.2. The van der Waals surface area contributed by atoms with Crippen molar-refractivity contribution in [3.8, 4) is 0 Å². The average molecular weight is 457 g/mol. The molecule has 2 heterocycles. The van der Waals surface area contributed by atoms with Crippen LogP contribution in [-0.4, -0.2) is 89.8 Å². The highest BCUT2D eigenvalue weighted by Gasteiger charge is 2.18. The van der Waals surface area contributed by atoms with Crippen LogP contribution in [0.15, 0.2) is 11.2 Å². The summed E-state index contributed by atoms with van der Waals surface area (Å²) in [6.07, 6.45) is 2.07. The number of nitrogens with zero attached hydrogens (tertiary/aromatic N) is 5.